The minimum absolute atomic E-state index is 0.158. The molecule has 1 atom stereocenters. The van der Waals surface area contributed by atoms with E-state index < -0.39 is 0 Å². The SMILES string of the molecule is CSC(C)CCN1CCC2(CC1)c1nc[nH]c1CCN2C(=O)C1CC1. The van der Waals surface area contributed by atoms with Crippen molar-refractivity contribution in [2.75, 3.05) is 32.4 Å². The van der Waals surface area contributed by atoms with Crippen molar-refractivity contribution in [3.63, 3.8) is 0 Å². The molecule has 0 bridgehead atoms. The van der Waals surface area contributed by atoms with Crippen LogP contribution in [0.5, 0.6) is 0 Å². The molecule has 0 aromatic carbocycles. The fraction of sp³-hybridized carbons (Fsp3) is 0.789. The number of nitrogens with zero attached hydrogens (tertiary/aromatic N) is 3. The van der Waals surface area contributed by atoms with E-state index in [0.717, 1.165) is 62.7 Å². The Morgan fingerprint density at radius 3 is 2.84 bits per heavy atom. The Morgan fingerprint density at radius 1 is 1.40 bits per heavy atom. The third-order valence-corrected chi connectivity index (χ3v) is 7.43. The minimum atomic E-state index is -0.158. The molecule has 1 unspecified atom stereocenters. The summed E-state index contributed by atoms with van der Waals surface area (Å²) in [6.45, 7) is 6.48. The van der Waals surface area contributed by atoms with Crippen molar-refractivity contribution < 1.29 is 4.79 Å². The molecule has 2 aliphatic heterocycles. The summed E-state index contributed by atoms with van der Waals surface area (Å²) in [6, 6.07) is 0. The third kappa shape index (κ3) is 3.23. The van der Waals surface area contributed by atoms with Crippen molar-refractivity contribution in [3.8, 4) is 0 Å². The normalized spacial score (nSPS) is 24.3. The standard InChI is InChI=1S/C19H30N4OS/c1-14(25-2)5-9-22-11-7-19(8-12-22)17-16(20-13-21-17)6-10-23(19)18(24)15-3-4-15/h13-15H,3-12H2,1-2H3,(H,20,21). The number of carbonyl (C=O) groups is 1. The van der Waals surface area contributed by atoms with E-state index in [1.807, 2.05) is 18.1 Å². The molecule has 1 aliphatic carbocycles. The molecule has 1 saturated carbocycles. The molecule has 0 radical (unpaired) electrons. The number of thioether (sulfide) groups is 1. The van der Waals surface area contributed by atoms with Crippen molar-refractivity contribution in [2.24, 2.45) is 5.92 Å². The van der Waals surface area contributed by atoms with Crippen LogP contribution in [-0.2, 0) is 16.8 Å². The fourth-order valence-corrected chi connectivity index (χ4v) is 4.83. The lowest BCUT2D eigenvalue weighted by molar-refractivity contribution is -0.143. The first-order chi connectivity index (χ1) is 12.1. The molecule has 25 heavy (non-hydrogen) atoms. The van der Waals surface area contributed by atoms with Crippen molar-refractivity contribution in [3.05, 3.63) is 17.7 Å². The monoisotopic (exact) mass is 362 g/mol. The van der Waals surface area contributed by atoms with Crippen LogP contribution in [-0.4, -0.2) is 63.4 Å². The highest BCUT2D eigenvalue weighted by atomic mass is 32.2. The zero-order valence-electron chi connectivity index (χ0n) is 15.5. The number of carbonyl (C=O) groups excluding carboxylic acids is 1. The number of H-pyrrole nitrogens is 1. The lowest BCUT2D eigenvalue weighted by atomic mass is 9.78. The van der Waals surface area contributed by atoms with Gasteiger partial charge in [-0.1, -0.05) is 6.92 Å². The molecule has 3 heterocycles. The summed E-state index contributed by atoms with van der Waals surface area (Å²) in [4.78, 5) is 25.8. The van der Waals surface area contributed by atoms with Crippen LogP contribution in [0.2, 0.25) is 0 Å². The Labute approximate surface area is 154 Å². The number of likely N-dealkylation sites (tertiary alicyclic amines) is 1. The first-order valence-corrected chi connectivity index (χ1v) is 11.0. The Bertz CT molecular complexity index is 619. The van der Waals surface area contributed by atoms with Crippen LogP contribution in [0, 0.1) is 5.92 Å². The zero-order valence-corrected chi connectivity index (χ0v) is 16.3. The molecule has 1 N–H and O–H groups in total. The van der Waals surface area contributed by atoms with Gasteiger partial charge in [0, 0.05) is 42.9 Å². The van der Waals surface area contributed by atoms with Crippen LogP contribution in [0.15, 0.2) is 6.33 Å². The molecule has 4 rings (SSSR count). The molecule has 6 heteroatoms. The Hall–Kier alpha value is -1.01. The number of nitrogens with one attached hydrogen (secondary N) is 1. The Morgan fingerprint density at radius 2 is 2.16 bits per heavy atom. The van der Waals surface area contributed by atoms with Gasteiger partial charge < -0.3 is 14.8 Å². The maximum absolute atomic E-state index is 13.0. The fourth-order valence-electron chi connectivity index (χ4n) is 4.49. The summed E-state index contributed by atoms with van der Waals surface area (Å²) in [5.74, 6) is 0.677. The van der Waals surface area contributed by atoms with E-state index in [1.54, 1.807) is 0 Å². The molecule has 138 valence electrons. The average Bonchev–Trinajstić information content (AvgIpc) is 3.38. The van der Waals surface area contributed by atoms with E-state index in [1.165, 1.54) is 18.7 Å². The molecule has 1 aromatic rings. The van der Waals surface area contributed by atoms with Crippen LogP contribution in [0.1, 0.15) is 50.4 Å². The summed E-state index contributed by atoms with van der Waals surface area (Å²) in [5, 5.41) is 0.719. The maximum atomic E-state index is 13.0. The van der Waals surface area contributed by atoms with E-state index >= 15 is 0 Å². The quantitative estimate of drug-likeness (QED) is 0.875. The van der Waals surface area contributed by atoms with Crippen molar-refractivity contribution in [1.29, 1.82) is 0 Å². The number of imidazole rings is 1. The van der Waals surface area contributed by atoms with Crippen LogP contribution >= 0.6 is 11.8 Å². The van der Waals surface area contributed by atoms with Crippen LogP contribution in [0.4, 0.5) is 0 Å². The first kappa shape index (κ1) is 17.4. The number of amides is 1. The van der Waals surface area contributed by atoms with Crippen molar-refractivity contribution >= 4 is 17.7 Å². The smallest absolute Gasteiger partial charge is 0.226 e. The van der Waals surface area contributed by atoms with Crippen LogP contribution < -0.4 is 0 Å². The van der Waals surface area contributed by atoms with Gasteiger partial charge in [0.15, 0.2) is 0 Å². The highest BCUT2D eigenvalue weighted by molar-refractivity contribution is 7.99. The second-order valence-corrected chi connectivity index (χ2v) is 9.23. The second-order valence-electron chi connectivity index (χ2n) is 7.95. The van der Waals surface area contributed by atoms with Crippen molar-refractivity contribution in [2.45, 2.75) is 56.2 Å². The van der Waals surface area contributed by atoms with Gasteiger partial charge in [0.05, 0.1) is 17.6 Å². The number of hydrogen-bond donors (Lipinski definition) is 1. The number of piperidine rings is 1. The predicted molar refractivity (Wildman–Crippen MR) is 102 cm³/mol. The maximum Gasteiger partial charge on any atom is 0.226 e. The molecular weight excluding hydrogens is 332 g/mol. The third-order valence-electron chi connectivity index (χ3n) is 6.39. The summed E-state index contributed by atoms with van der Waals surface area (Å²) in [7, 11) is 0. The zero-order chi connectivity index (χ0) is 17.4. The molecule has 1 saturated heterocycles. The Balaban J connectivity index is 1.51. The van der Waals surface area contributed by atoms with Gasteiger partial charge in [0.25, 0.3) is 0 Å². The topological polar surface area (TPSA) is 52.2 Å². The highest BCUT2D eigenvalue weighted by Crippen LogP contribution is 2.45. The summed E-state index contributed by atoms with van der Waals surface area (Å²) < 4.78 is 0. The largest absolute Gasteiger partial charge is 0.348 e. The van der Waals surface area contributed by atoms with E-state index in [4.69, 9.17) is 0 Å². The van der Waals surface area contributed by atoms with Gasteiger partial charge in [-0.15, -0.1) is 0 Å². The molecule has 2 fully saturated rings. The van der Waals surface area contributed by atoms with E-state index in [9.17, 15) is 4.79 Å². The number of aromatic nitrogens is 2. The first-order valence-electron chi connectivity index (χ1n) is 9.73. The second kappa shape index (κ2) is 6.95. The van der Waals surface area contributed by atoms with Gasteiger partial charge in [0.1, 0.15) is 0 Å². The average molecular weight is 363 g/mol. The lowest BCUT2D eigenvalue weighted by Crippen LogP contribution is -2.58. The molecule has 5 nitrogen and oxygen atoms in total. The molecule has 1 aromatic heterocycles. The molecule has 1 amide bonds. The van der Waals surface area contributed by atoms with Crippen LogP contribution in [0.25, 0.3) is 0 Å². The number of rotatable bonds is 5. The Kier molecular flexibility index (Phi) is 4.84. The summed E-state index contributed by atoms with van der Waals surface area (Å²) in [5.41, 5.74) is 2.25. The van der Waals surface area contributed by atoms with Crippen molar-refractivity contribution in [1.82, 2.24) is 19.8 Å². The van der Waals surface area contributed by atoms with Gasteiger partial charge in [-0.25, -0.2) is 4.98 Å². The lowest BCUT2D eigenvalue weighted by Gasteiger charge is -2.50. The molecular formula is C19H30N4OS. The van der Waals surface area contributed by atoms with Gasteiger partial charge >= 0.3 is 0 Å². The van der Waals surface area contributed by atoms with Gasteiger partial charge in [0.2, 0.25) is 5.91 Å². The van der Waals surface area contributed by atoms with Gasteiger partial charge in [-0.05, 0) is 44.9 Å². The number of fused-ring (bicyclic) bond motifs is 2. The van der Waals surface area contributed by atoms with E-state index in [2.05, 4.69) is 32.9 Å². The number of hydrogen-bond acceptors (Lipinski definition) is 4. The predicted octanol–water partition coefficient (Wildman–Crippen LogP) is 2.64. The molecule has 1 spiro atoms. The summed E-state index contributed by atoms with van der Waals surface area (Å²) >= 11 is 1.95. The van der Waals surface area contributed by atoms with E-state index in [0.29, 0.717) is 5.91 Å². The van der Waals surface area contributed by atoms with Crippen LogP contribution in [0.3, 0.4) is 0 Å². The highest BCUT2D eigenvalue weighted by Gasteiger charge is 2.50. The van der Waals surface area contributed by atoms with E-state index in [-0.39, 0.29) is 11.5 Å². The van der Waals surface area contributed by atoms with Gasteiger partial charge in [-0.3, -0.25) is 4.79 Å². The summed E-state index contributed by atoms with van der Waals surface area (Å²) in [6.07, 6.45) is 10.4. The van der Waals surface area contributed by atoms with Gasteiger partial charge in [-0.2, -0.15) is 11.8 Å². The number of aromatic amines is 1. The molecule has 3 aliphatic rings. The minimum Gasteiger partial charge on any atom is -0.348 e.